The number of nitrogen functional groups attached to an aromatic ring is 1. The molecule has 3 heterocycles. The topological polar surface area (TPSA) is 156 Å². The summed E-state index contributed by atoms with van der Waals surface area (Å²) >= 11 is 6.47. The zero-order valence-electron chi connectivity index (χ0n) is 18.1. The van der Waals surface area contributed by atoms with Crippen LogP contribution in [0.4, 0.5) is 24.8 Å². The van der Waals surface area contributed by atoms with Crippen molar-refractivity contribution in [2.24, 2.45) is 0 Å². The maximum atomic E-state index is 13.0. The van der Waals surface area contributed by atoms with Crippen LogP contribution in [0.2, 0.25) is 5.02 Å². The van der Waals surface area contributed by atoms with Crippen LogP contribution in [0.25, 0.3) is 0 Å². The van der Waals surface area contributed by atoms with Crippen molar-refractivity contribution in [3.05, 3.63) is 56.5 Å². The van der Waals surface area contributed by atoms with Gasteiger partial charge in [-0.3, -0.25) is 9.59 Å². The van der Waals surface area contributed by atoms with E-state index in [4.69, 9.17) is 22.4 Å². The number of hydrogen-bond acceptors (Lipinski definition) is 9. The number of alkyl halides is 3. The number of aliphatic hydroxyl groups excluding tert-OH is 1. The van der Waals surface area contributed by atoms with Crippen LogP contribution in [0.3, 0.4) is 0 Å². The minimum atomic E-state index is -4.71. The summed E-state index contributed by atoms with van der Waals surface area (Å²) in [6.45, 7) is 1.53. The van der Waals surface area contributed by atoms with Gasteiger partial charge >= 0.3 is 6.18 Å². The van der Waals surface area contributed by atoms with Gasteiger partial charge in [0.05, 0.1) is 22.8 Å². The van der Waals surface area contributed by atoms with E-state index in [9.17, 15) is 22.8 Å². The highest BCUT2D eigenvalue weighted by Crippen LogP contribution is 2.35. The van der Waals surface area contributed by atoms with Gasteiger partial charge in [0.1, 0.15) is 33.5 Å². The second-order valence-electron chi connectivity index (χ2n) is 7.17. The first kappa shape index (κ1) is 26.2. The fourth-order valence-electron chi connectivity index (χ4n) is 2.95. The zero-order valence-corrected chi connectivity index (χ0v) is 19.6. The highest BCUT2D eigenvalue weighted by atomic mass is 35.5. The molecule has 0 aromatic carbocycles. The number of nitrogens with zero attached hydrogens (tertiary/aromatic N) is 4. The van der Waals surface area contributed by atoms with Crippen molar-refractivity contribution in [2.75, 3.05) is 17.7 Å². The summed E-state index contributed by atoms with van der Waals surface area (Å²) in [6, 6.07) is -0.00580. The lowest BCUT2D eigenvalue weighted by Crippen LogP contribution is -2.29. The van der Waals surface area contributed by atoms with Gasteiger partial charge in [-0.15, -0.1) is 11.3 Å². The lowest BCUT2D eigenvalue weighted by molar-refractivity contribution is -0.137. The Labute approximate surface area is 205 Å². The molecule has 0 radical (unpaired) electrons. The number of halogens is 4. The second-order valence-corrected chi connectivity index (χ2v) is 8.64. The maximum absolute atomic E-state index is 13.0. The van der Waals surface area contributed by atoms with E-state index in [1.165, 1.54) is 6.20 Å². The molecular formula is C20H19ClF3N7O3S. The number of carbonyl (C=O) groups is 2. The van der Waals surface area contributed by atoms with Crippen molar-refractivity contribution in [1.29, 1.82) is 0 Å². The monoisotopic (exact) mass is 529 g/mol. The molecule has 1 unspecified atom stereocenters. The molecule has 1 atom stereocenters. The third kappa shape index (κ3) is 6.41. The fraction of sp³-hybridized carbons (Fsp3) is 0.300. The van der Waals surface area contributed by atoms with E-state index in [1.807, 2.05) is 0 Å². The first-order valence-corrected chi connectivity index (χ1v) is 11.2. The number of aromatic nitrogens is 4. The Hall–Kier alpha value is -3.36. The van der Waals surface area contributed by atoms with E-state index < -0.39 is 34.6 Å². The van der Waals surface area contributed by atoms with E-state index >= 15 is 0 Å². The van der Waals surface area contributed by atoms with Crippen LogP contribution >= 0.6 is 22.9 Å². The van der Waals surface area contributed by atoms with Crippen molar-refractivity contribution < 1.29 is 27.9 Å². The van der Waals surface area contributed by atoms with Gasteiger partial charge in [0.2, 0.25) is 0 Å². The molecule has 186 valence electrons. The predicted octanol–water partition coefficient (Wildman–Crippen LogP) is 3.25. The van der Waals surface area contributed by atoms with Gasteiger partial charge < -0.3 is 21.5 Å². The standard InChI is InChI=1S/C20H19ClF3N7O3S/c1-9(30-18(34)15-10(3-2-4-32)16(25)29-8-28-15)19-27-7-13(35-19)17(33)31-14-5-11(20(22,23)24)12(21)6-26-14/h5-9,32H,2-4H2,1H3,(H,30,34)(H2,25,28,29)(H,26,31,33). The number of hydrogen-bond donors (Lipinski definition) is 4. The zero-order chi connectivity index (χ0) is 25.8. The van der Waals surface area contributed by atoms with Crippen molar-refractivity contribution in [3.8, 4) is 0 Å². The normalized spacial score (nSPS) is 12.3. The summed E-state index contributed by atoms with van der Waals surface area (Å²) in [7, 11) is 0. The van der Waals surface area contributed by atoms with Crippen molar-refractivity contribution in [2.45, 2.75) is 32.0 Å². The number of nitrogens with one attached hydrogen (secondary N) is 2. The van der Waals surface area contributed by atoms with Crippen LogP contribution in [0, 0.1) is 0 Å². The Kier molecular flexibility index (Phi) is 8.19. The van der Waals surface area contributed by atoms with Crippen LogP contribution in [0.1, 0.15) is 55.7 Å². The van der Waals surface area contributed by atoms with E-state index in [2.05, 4.69) is 30.6 Å². The molecule has 3 rings (SSSR count). The molecule has 0 aliphatic heterocycles. The first-order valence-electron chi connectivity index (χ1n) is 10.0. The summed E-state index contributed by atoms with van der Waals surface area (Å²) in [4.78, 5) is 41.0. The third-order valence-electron chi connectivity index (χ3n) is 4.65. The highest BCUT2D eigenvalue weighted by Gasteiger charge is 2.34. The molecule has 0 saturated carbocycles. The largest absolute Gasteiger partial charge is 0.418 e. The van der Waals surface area contributed by atoms with Gasteiger partial charge in [-0.1, -0.05) is 11.6 Å². The molecule has 35 heavy (non-hydrogen) atoms. The van der Waals surface area contributed by atoms with E-state index in [0.717, 1.165) is 23.9 Å². The number of rotatable bonds is 8. The maximum Gasteiger partial charge on any atom is 0.418 e. The van der Waals surface area contributed by atoms with Gasteiger partial charge in [-0.05, 0) is 25.8 Å². The number of pyridine rings is 1. The predicted molar refractivity (Wildman–Crippen MR) is 122 cm³/mol. The molecular weight excluding hydrogens is 511 g/mol. The van der Waals surface area contributed by atoms with Gasteiger partial charge in [-0.2, -0.15) is 13.2 Å². The highest BCUT2D eigenvalue weighted by molar-refractivity contribution is 7.13. The number of carbonyl (C=O) groups excluding carboxylic acids is 2. The van der Waals surface area contributed by atoms with Crippen molar-refractivity contribution in [3.63, 3.8) is 0 Å². The summed E-state index contributed by atoms with van der Waals surface area (Å²) in [6.07, 6.45) is -0.865. The summed E-state index contributed by atoms with van der Waals surface area (Å²) in [5, 5.41) is 13.8. The smallest absolute Gasteiger partial charge is 0.396 e. The molecule has 0 aliphatic carbocycles. The number of aliphatic hydroxyl groups is 1. The minimum Gasteiger partial charge on any atom is -0.396 e. The average Bonchev–Trinajstić information content (AvgIpc) is 3.29. The average molecular weight is 530 g/mol. The lowest BCUT2D eigenvalue weighted by atomic mass is 10.1. The fourth-order valence-corrected chi connectivity index (χ4v) is 3.97. The Morgan fingerprint density at radius 1 is 1.20 bits per heavy atom. The Morgan fingerprint density at radius 3 is 2.63 bits per heavy atom. The van der Waals surface area contributed by atoms with Crippen molar-refractivity contribution >= 4 is 46.4 Å². The van der Waals surface area contributed by atoms with Gasteiger partial charge in [0.15, 0.2) is 0 Å². The van der Waals surface area contributed by atoms with Crippen LogP contribution in [-0.2, 0) is 12.6 Å². The molecule has 3 aromatic heterocycles. The van der Waals surface area contributed by atoms with E-state index in [-0.39, 0.29) is 28.8 Å². The molecule has 3 aromatic rings. The second kappa shape index (κ2) is 10.9. The number of thiazole rings is 1. The van der Waals surface area contributed by atoms with Crippen LogP contribution in [0.5, 0.6) is 0 Å². The SMILES string of the molecule is CC(NC(=O)c1ncnc(N)c1CCCO)c1ncc(C(=O)Nc2cc(C(F)(F)F)c(Cl)cn2)s1. The van der Waals surface area contributed by atoms with Crippen LogP contribution in [0.15, 0.2) is 24.8 Å². The molecule has 2 amide bonds. The number of nitrogens with two attached hydrogens (primary N) is 1. The lowest BCUT2D eigenvalue weighted by Gasteiger charge is -2.14. The molecule has 15 heteroatoms. The quantitative estimate of drug-likeness (QED) is 0.346. The molecule has 5 N–H and O–H groups in total. The first-order chi connectivity index (χ1) is 16.5. The third-order valence-corrected chi connectivity index (χ3v) is 6.13. The molecule has 0 spiro atoms. The Balaban J connectivity index is 1.70. The number of amides is 2. The summed E-state index contributed by atoms with van der Waals surface area (Å²) < 4.78 is 39.1. The van der Waals surface area contributed by atoms with Crippen molar-refractivity contribution in [1.82, 2.24) is 25.3 Å². The number of anilines is 2. The molecule has 0 saturated heterocycles. The molecule has 0 bridgehead atoms. The van der Waals surface area contributed by atoms with Gasteiger partial charge in [-0.25, -0.2) is 19.9 Å². The van der Waals surface area contributed by atoms with E-state index in [1.54, 1.807) is 6.92 Å². The van der Waals surface area contributed by atoms with Crippen LogP contribution in [-0.4, -0.2) is 43.5 Å². The van der Waals surface area contributed by atoms with E-state index in [0.29, 0.717) is 29.5 Å². The minimum absolute atomic E-state index is 0.0570. The molecule has 0 aliphatic rings. The summed E-state index contributed by atoms with van der Waals surface area (Å²) in [5.41, 5.74) is 5.17. The molecule has 10 nitrogen and oxygen atoms in total. The molecule has 0 fully saturated rings. The van der Waals surface area contributed by atoms with Crippen LogP contribution < -0.4 is 16.4 Å². The summed E-state index contributed by atoms with van der Waals surface area (Å²) in [5.74, 6) is -1.49. The van der Waals surface area contributed by atoms with Gasteiger partial charge in [0, 0.05) is 18.4 Å². The Bertz CT molecular complexity index is 1240. The Morgan fingerprint density at radius 2 is 1.94 bits per heavy atom. The van der Waals surface area contributed by atoms with Gasteiger partial charge in [0.25, 0.3) is 11.8 Å².